The minimum Gasteiger partial charge on any atom is -0.480 e. The van der Waals surface area contributed by atoms with Crippen molar-refractivity contribution in [3.63, 3.8) is 0 Å². The molecule has 1 saturated carbocycles. The van der Waals surface area contributed by atoms with Crippen molar-refractivity contribution in [2.75, 3.05) is 5.75 Å². The lowest BCUT2D eigenvalue weighted by Crippen LogP contribution is -2.41. The van der Waals surface area contributed by atoms with Crippen LogP contribution in [0.3, 0.4) is 0 Å². The number of carboxylic acid groups (broad SMARTS) is 1. The molecule has 0 aromatic carbocycles. The maximum Gasteiger partial charge on any atom is 0.321 e. The Morgan fingerprint density at radius 2 is 1.74 bits per heavy atom. The van der Waals surface area contributed by atoms with Crippen molar-refractivity contribution in [2.24, 2.45) is 0 Å². The van der Waals surface area contributed by atoms with Crippen LogP contribution in [0, 0.1) is 0 Å². The SMILES string of the molecule is CC(C(=O)O)S(=O)(=O)CC(=O)NC1CCCCCC1. The summed E-state index contributed by atoms with van der Waals surface area (Å²) >= 11 is 0. The third kappa shape index (κ3) is 5.18. The van der Waals surface area contributed by atoms with Gasteiger partial charge in [0.25, 0.3) is 0 Å². The first-order valence-corrected chi connectivity index (χ1v) is 8.28. The molecule has 1 fully saturated rings. The van der Waals surface area contributed by atoms with Crippen molar-refractivity contribution < 1.29 is 23.1 Å². The molecule has 7 heteroatoms. The first-order chi connectivity index (χ1) is 8.83. The Labute approximate surface area is 113 Å². The molecular formula is C12H21NO5S. The van der Waals surface area contributed by atoms with Gasteiger partial charge in [-0.05, 0) is 19.8 Å². The molecular weight excluding hydrogens is 270 g/mol. The number of rotatable bonds is 5. The number of aliphatic carboxylic acids is 1. The van der Waals surface area contributed by atoms with Gasteiger partial charge in [-0.25, -0.2) is 8.42 Å². The third-order valence-corrected chi connectivity index (χ3v) is 5.38. The molecule has 0 spiro atoms. The Hall–Kier alpha value is -1.11. The van der Waals surface area contributed by atoms with Gasteiger partial charge >= 0.3 is 5.97 Å². The highest BCUT2D eigenvalue weighted by Gasteiger charge is 2.30. The Morgan fingerprint density at radius 1 is 1.21 bits per heavy atom. The number of carbonyl (C=O) groups excluding carboxylic acids is 1. The van der Waals surface area contributed by atoms with Crippen LogP contribution in [0.5, 0.6) is 0 Å². The highest BCUT2D eigenvalue weighted by molar-refractivity contribution is 7.93. The lowest BCUT2D eigenvalue weighted by molar-refractivity contribution is -0.136. The fraction of sp³-hybridized carbons (Fsp3) is 0.833. The van der Waals surface area contributed by atoms with Crippen LogP contribution >= 0.6 is 0 Å². The number of carbonyl (C=O) groups is 2. The van der Waals surface area contributed by atoms with Gasteiger partial charge in [0.15, 0.2) is 15.1 Å². The molecule has 19 heavy (non-hydrogen) atoms. The van der Waals surface area contributed by atoms with E-state index in [1.165, 1.54) is 0 Å². The van der Waals surface area contributed by atoms with E-state index in [2.05, 4.69) is 5.32 Å². The molecule has 0 bridgehead atoms. The minimum absolute atomic E-state index is 0.0188. The molecule has 1 aliphatic carbocycles. The highest BCUT2D eigenvalue weighted by Crippen LogP contribution is 2.17. The summed E-state index contributed by atoms with van der Waals surface area (Å²) in [6, 6.07) is 0.0188. The summed E-state index contributed by atoms with van der Waals surface area (Å²) in [6.45, 7) is 1.08. The van der Waals surface area contributed by atoms with E-state index in [0.717, 1.165) is 45.4 Å². The van der Waals surface area contributed by atoms with Crippen LogP contribution in [0.15, 0.2) is 0 Å². The van der Waals surface area contributed by atoms with Gasteiger partial charge < -0.3 is 10.4 Å². The quantitative estimate of drug-likeness (QED) is 0.727. The maximum absolute atomic E-state index is 11.7. The monoisotopic (exact) mass is 291 g/mol. The van der Waals surface area contributed by atoms with Crippen LogP contribution in [0.4, 0.5) is 0 Å². The molecule has 6 nitrogen and oxygen atoms in total. The summed E-state index contributed by atoms with van der Waals surface area (Å²) in [5.41, 5.74) is 0. The molecule has 1 amide bonds. The lowest BCUT2D eigenvalue weighted by atomic mass is 10.1. The number of carboxylic acids is 1. The average Bonchev–Trinajstić information content (AvgIpc) is 2.55. The summed E-state index contributed by atoms with van der Waals surface area (Å²) in [6.07, 6.45) is 6.06. The summed E-state index contributed by atoms with van der Waals surface area (Å²) in [5.74, 6) is -2.78. The Bertz CT molecular complexity index is 423. The fourth-order valence-electron chi connectivity index (χ4n) is 2.15. The zero-order valence-corrected chi connectivity index (χ0v) is 11.9. The Kier molecular flexibility index (Phi) is 5.78. The lowest BCUT2D eigenvalue weighted by Gasteiger charge is -2.16. The van der Waals surface area contributed by atoms with Gasteiger partial charge in [0.2, 0.25) is 5.91 Å². The highest BCUT2D eigenvalue weighted by atomic mass is 32.2. The molecule has 0 radical (unpaired) electrons. The summed E-state index contributed by atoms with van der Waals surface area (Å²) < 4.78 is 23.3. The smallest absolute Gasteiger partial charge is 0.321 e. The van der Waals surface area contributed by atoms with Crippen molar-refractivity contribution in [2.45, 2.75) is 56.7 Å². The van der Waals surface area contributed by atoms with E-state index < -0.39 is 32.7 Å². The van der Waals surface area contributed by atoms with Crippen LogP contribution in [0.2, 0.25) is 0 Å². The molecule has 110 valence electrons. The maximum atomic E-state index is 11.7. The van der Waals surface area contributed by atoms with Crippen LogP contribution in [-0.4, -0.2) is 42.4 Å². The van der Waals surface area contributed by atoms with E-state index in [4.69, 9.17) is 5.11 Å². The van der Waals surface area contributed by atoms with Gasteiger partial charge in [-0.2, -0.15) is 0 Å². The minimum atomic E-state index is -3.93. The van der Waals surface area contributed by atoms with Crippen molar-refractivity contribution in [3.8, 4) is 0 Å². The number of nitrogens with one attached hydrogen (secondary N) is 1. The average molecular weight is 291 g/mol. The second kappa shape index (κ2) is 6.88. The molecule has 0 saturated heterocycles. The van der Waals surface area contributed by atoms with Gasteiger partial charge in [-0.15, -0.1) is 0 Å². The summed E-state index contributed by atoms with van der Waals surface area (Å²) in [5, 5.41) is 9.83. The molecule has 1 rings (SSSR count). The van der Waals surface area contributed by atoms with E-state index in [1.807, 2.05) is 0 Å². The molecule has 1 unspecified atom stereocenters. The van der Waals surface area contributed by atoms with E-state index in [-0.39, 0.29) is 6.04 Å². The second-order valence-electron chi connectivity index (χ2n) is 5.04. The van der Waals surface area contributed by atoms with Gasteiger partial charge in [-0.1, -0.05) is 25.7 Å². The van der Waals surface area contributed by atoms with Crippen molar-refractivity contribution in [1.82, 2.24) is 5.32 Å². The number of sulfone groups is 1. The molecule has 0 heterocycles. The Morgan fingerprint density at radius 3 is 2.21 bits per heavy atom. The number of amides is 1. The van der Waals surface area contributed by atoms with Gasteiger partial charge in [0.05, 0.1) is 0 Å². The molecule has 0 aliphatic heterocycles. The Balaban J connectivity index is 2.52. The molecule has 0 aromatic rings. The first kappa shape index (κ1) is 15.9. The van der Waals surface area contributed by atoms with E-state index in [9.17, 15) is 18.0 Å². The standard InChI is InChI=1S/C12H21NO5S/c1-9(12(15)16)19(17,18)8-11(14)13-10-6-4-2-3-5-7-10/h9-10H,2-8H2,1H3,(H,13,14)(H,15,16). The molecule has 1 aliphatic rings. The van der Waals surface area contributed by atoms with E-state index >= 15 is 0 Å². The fourth-order valence-corrected chi connectivity index (χ4v) is 3.16. The largest absolute Gasteiger partial charge is 0.480 e. The van der Waals surface area contributed by atoms with Crippen LogP contribution in [0.1, 0.15) is 45.4 Å². The van der Waals surface area contributed by atoms with E-state index in [1.54, 1.807) is 0 Å². The van der Waals surface area contributed by atoms with Crippen LogP contribution in [-0.2, 0) is 19.4 Å². The predicted molar refractivity (Wildman–Crippen MR) is 70.5 cm³/mol. The topological polar surface area (TPSA) is 101 Å². The van der Waals surface area contributed by atoms with Gasteiger partial charge in [0, 0.05) is 6.04 Å². The number of hydrogen-bond acceptors (Lipinski definition) is 4. The van der Waals surface area contributed by atoms with Crippen molar-refractivity contribution in [1.29, 1.82) is 0 Å². The van der Waals surface area contributed by atoms with Crippen LogP contribution in [0.25, 0.3) is 0 Å². The van der Waals surface area contributed by atoms with Crippen molar-refractivity contribution >= 4 is 21.7 Å². The zero-order chi connectivity index (χ0) is 14.5. The van der Waals surface area contributed by atoms with E-state index in [0.29, 0.717) is 0 Å². The third-order valence-electron chi connectivity index (χ3n) is 3.44. The number of hydrogen-bond donors (Lipinski definition) is 2. The summed E-state index contributed by atoms with van der Waals surface area (Å²) in [7, 11) is -3.93. The van der Waals surface area contributed by atoms with Gasteiger partial charge in [0.1, 0.15) is 5.75 Å². The molecule has 1 atom stereocenters. The molecule has 0 aromatic heterocycles. The second-order valence-corrected chi connectivity index (χ2v) is 7.37. The predicted octanol–water partition coefficient (Wildman–Crippen LogP) is 0.713. The zero-order valence-electron chi connectivity index (χ0n) is 11.1. The first-order valence-electron chi connectivity index (χ1n) is 6.56. The van der Waals surface area contributed by atoms with Crippen LogP contribution < -0.4 is 5.32 Å². The molecule has 2 N–H and O–H groups in total. The van der Waals surface area contributed by atoms with Gasteiger partial charge in [-0.3, -0.25) is 9.59 Å². The van der Waals surface area contributed by atoms with Crippen molar-refractivity contribution in [3.05, 3.63) is 0 Å². The summed E-state index contributed by atoms with van der Waals surface area (Å²) in [4.78, 5) is 22.3. The normalized spacial score (nSPS) is 19.4.